The quantitative estimate of drug-likeness (QED) is 0.427. The molecule has 0 spiro atoms. The molecule has 10 heteroatoms. The Morgan fingerprint density at radius 2 is 1.87 bits per heavy atom. The predicted octanol–water partition coefficient (Wildman–Crippen LogP) is 0.158. The normalized spacial score (nSPS) is 23.8. The number of imidazole rings is 1. The van der Waals surface area contributed by atoms with Gasteiger partial charge in [-0.1, -0.05) is 12.1 Å². The number of benzene rings is 1. The molecule has 0 aliphatic carbocycles. The molecule has 1 fully saturated rings. The summed E-state index contributed by atoms with van der Waals surface area (Å²) in [5.74, 6) is 0.579. The van der Waals surface area contributed by atoms with E-state index in [1.165, 1.54) is 18.2 Å². The summed E-state index contributed by atoms with van der Waals surface area (Å²) in [5.41, 5.74) is 3.37. The summed E-state index contributed by atoms with van der Waals surface area (Å²) in [6.45, 7) is 0.271. The topological polar surface area (TPSA) is 129 Å². The molecule has 3 heterocycles. The molecule has 3 aromatic rings. The maximum atomic E-state index is 10.3. The van der Waals surface area contributed by atoms with Crippen LogP contribution in [0.4, 0.5) is 11.5 Å². The van der Waals surface area contributed by atoms with Crippen molar-refractivity contribution >= 4 is 22.7 Å². The first-order valence-corrected chi connectivity index (χ1v) is 9.79. The van der Waals surface area contributed by atoms with E-state index in [2.05, 4.69) is 49.4 Å². The van der Waals surface area contributed by atoms with Crippen molar-refractivity contribution in [1.29, 1.82) is 0 Å². The minimum absolute atomic E-state index is 0.390. The van der Waals surface area contributed by atoms with Crippen LogP contribution in [0.3, 0.4) is 0 Å². The number of hydrogen-bond acceptors (Lipinski definition) is 9. The first-order chi connectivity index (χ1) is 14.5. The molecule has 4 atom stereocenters. The van der Waals surface area contributed by atoms with Gasteiger partial charge in [0.25, 0.3) is 0 Å². The third kappa shape index (κ3) is 3.82. The van der Waals surface area contributed by atoms with E-state index in [9.17, 15) is 15.3 Å². The van der Waals surface area contributed by atoms with Crippen LogP contribution >= 0.6 is 0 Å². The molecule has 0 radical (unpaired) electrons. The molecule has 1 saturated heterocycles. The fourth-order valence-corrected chi connectivity index (χ4v) is 3.56. The van der Waals surface area contributed by atoms with Gasteiger partial charge in [-0.25, -0.2) is 15.0 Å². The van der Waals surface area contributed by atoms with Gasteiger partial charge < -0.3 is 30.3 Å². The number of anilines is 2. The average Bonchev–Trinajstić information content (AvgIpc) is 3.30. The first-order valence-electron chi connectivity index (χ1n) is 9.79. The van der Waals surface area contributed by atoms with Crippen molar-refractivity contribution in [1.82, 2.24) is 19.5 Å². The summed E-state index contributed by atoms with van der Waals surface area (Å²) in [7, 11) is 4.02. The molecule has 4 N–H and O–H groups in total. The highest BCUT2D eigenvalue weighted by Crippen LogP contribution is 2.32. The lowest BCUT2D eigenvalue weighted by molar-refractivity contribution is -0.0511. The lowest BCUT2D eigenvalue weighted by Gasteiger charge is -2.16. The van der Waals surface area contributed by atoms with Crippen molar-refractivity contribution in [2.75, 3.05) is 37.5 Å². The second-order valence-electron chi connectivity index (χ2n) is 7.51. The number of aliphatic hydroxyl groups is 3. The van der Waals surface area contributed by atoms with Gasteiger partial charge >= 0.3 is 0 Å². The monoisotopic (exact) mass is 414 g/mol. The Morgan fingerprint density at radius 3 is 2.53 bits per heavy atom. The van der Waals surface area contributed by atoms with Gasteiger partial charge in [-0.3, -0.25) is 4.57 Å². The summed E-state index contributed by atoms with van der Waals surface area (Å²) in [5, 5.41) is 32.9. The number of aliphatic hydroxyl groups excluding tert-OH is 3. The molecule has 10 nitrogen and oxygen atoms in total. The molecular weight excluding hydrogens is 388 g/mol. The number of nitrogens with one attached hydrogen (secondary N) is 1. The second kappa shape index (κ2) is 8.52. The van der Waals surface area contributed by atoms with E-state index in [4.69, 9.17) is 4.74 Å². The van der Waals surface area contributed by atoms with Gasteiger partial charge in [-0.2, -0.15) is 0 Å². The van der Waals surface area contributed by atoms with Crippen LogP contribution in [-0.4, -0.2) is 80.4 Å². The molecule has 0 unspecified atom stereocenters. The summed E-state index contributed by atoms with van der Waals surface area (Å²) in [6, 6.07) is 8.37. The van der Waals surface area contributed by atoms with Gasteiger partial charge in [0, 0.05) is 26.3 Å². The summed E-state index contributed by atoms with van der Waals surface area (Å²) < 4.78 is 7.13. The zero-order chi connectivity index (χ0) is 21.3. The van der Waals surface area contributed by atoms with Crippen molar-refractivity contribution in [3.8, 4) is 0 Å². The average molecular weight is 414 g/mol. The Balaban J connectivity index is 1.47. The van der Waals surface area contributed by atoms with Crippen LogP contribution in [0, 0.1) is 0 Å². The van der Waals surface area contributed by atoms with E-state index in [0.717, 1.165) is 12.1 Å². The van der Waals surface area contributed by atoms with E-state index < -0.39 is 31.1 Å². The number of hydrogen-bond donors (Lipinski definition) is 4. The van der Waals surface area contributed by atoms with Gasteiger partial charge in [0.05, 0.1) is 12.9 Å². The molecule has 0 bridgehead atoms. The van der Waals surface area contributed by atoms with Crippen LogP contribution in [0.2, 0.25) is 0 Å². The van der Waals surface area contributed by atoms with E-state index in [-0.39, 0.29) is 0 Å². The SMILES string of the molecule is CN(C)c1ccc(CCNc2ncnc3c2ncn3[C@@H]2O[C@H](CO)[C@@H](O)[C@H]2O)cc1. The highest BCUT2D eigenvalue weighted by Gasteiger charge is 2.44. The van der Waals surface area contributed by atoms with E-state index in [1.54, 1.807) is 4.57 Å². The van der Waals surface area contributed by atoms with Gasteiger partial charge in [0.2, 0.25) is 0 Å². The van der Waals surface area contributed by atoms with Crippen LogP contribution < -0.4 is 10.2 Å². The van der Waals surface area contributed by atoms with Gasteiger partial charge in [-0.15, -0.1) is 0 Å². The summed E-state index contributed by atoms with van der Waals surface area (Å²) >= 11 is 0. The van der Waals surface area contributed by atoms with E-state index >= 15 is 0 Å². The fourth-order valence-electron chi connectivity index (χ4n) is 3.56. The third-order valence-corrected chi connectivity index (χ3v) is 5.31. The number of fused-ring (bicyclic) bond motifs is 1. The molecule has 0 amide bonds. The Morgan fingerprint density at radius 1 is 1.10 bits per heavy atom. The van der Waals surface area contributed by atoms with Crippen molar-refractivity contribution < 1.29 is 20.1 Å². The molecule has 160 valence electrons. The lowest BCUT2D eigenvalue weighted by atomic mass is 10.1. The fraction of sp³-hybridized carbons (Fsp3) is 0.450. The van der Waals surface area contributed by atoms with E-state index in [1.807, 2.05) is 14.1 Å². The molecule has 30 heavy (non-hydrogen) atoms. The van der Waals surface area contributed by atoms with Crippen LogP contribution in [0.1, 0.15) is 11.8 Å². The van der Waals surface area contributed by atoms with Crippen molar-refractivity contribution in [2.45, 2.75) is 31.0 Å². The second-order valence-corrected chi connectivity index (χ2v) is 7.51. The molecule has 1 aromatic carbocycles. The molecule has 1 aliphatic rings. The zero-order valence-electron chi connectivity index (χ0n) is 16.9. The van der Waals surface area contributed by atoms with Gasteiger partial charge in [-0.05, 0) is 24.1 Å². The van der Waals surface area contributed by atoms with Crippen molar-refractivity contribution in [2.24, 2.45) is 0 Å². The minimum Gasteiger partial charge on any atom is -0.394 e. The summed E-state index contributed by atoms with van der Waals surface area (Å²) in [6.07, 6.45) is -0.414. The molecule has 2 aromatic heterocycles. The number of aromatic nitrogens is 4. The molecular formula is C20H26N6O4. The standard InChI is InChI=1S/C20H26N6O4/c1-25(2)13-5-3-12(4-6-13)7-8-21-18-15-19(23-10-22-18)26(11-24-15)20-17(29)16(28)14(9-27)30-20/h3-6,10-11,14,16-17,20,27-29H,7-9H2,1-2H3,(H,21,22,23)/t14-,16-,17-,20-/m1/s1. The maximum absolute atomic E-state index is 10.3. The molecule has 1 aliphatic heterocycles. The predicted molar refractivity (Wildman–Crippen MR) is 111 cm³/mol. The highest BCUT2D eigenvalue weighted by atomic mass is 16.6. The summed E-state index contributed by atoms with van der Waals surface area (Å²) in [4.78, 5) is 15.0. The largest absolute Gasteiger partial charge is 0.394 e. The number of rotatable bonds is 7. The van der Waals surface area contributed by atoms with Crippen LogP contribution in [-0.2, 0) is 11.2 Å². The Bertz CT molecular complexity index is 993. The van der Waals surface area contributed by atoms with Crippen LogP contribution in [0.5, 0.6) is 0 Å². The van der Waals surface area contributed by atoms with Gasteiger partial charge in [0.15, 0.2) is 23.2 Å². The first kappa shape index (κ1) is 20.5. The maximum Gasteiger partial charge on any atom is 0.167 e. The van der Waals surface area contributed by atoms with Crippen LogP contribution in [0.25, 0.3) is 11.2 Å². The molecule has 0 saturated carbocycles. The minimum atomic E-state index is -1.20. The van der Waals surface area contributed by atoms with Crippen molar-refractivity contribution in [3.05, 3.63) is 42.5 Å². The Hall–Kier alpha value is -2.79. The van der Waals surface area contributed by atoms with Crippen molar-refractivity contribution in [3.63, 3.8) is 0 Å². The Kier molecular flexibility index (Phi) is 5.82. The molecule has 4 rings (SSSR count). The lowest BCUT2D eigenvalue weighted by Crippen LogP contribution is -2.33. The third-order valence-electron chi connectivity index (χ3n) is 5.31. The highest BCUT2D eigenvalue weighted by molar-refractivity contribution is 5.82. The number of nitrogens with zero attached hydrogens (tertiary/aromatic N) is 5. The zero-order valence-corrected chi connectivity index (χ0v) is 16.9. The smallest absolute Gasteiger partial charge is 0.167 e. The van der Waals surface area contributed by atoms with Gasteiger partial charge in [0.1, 0.15) is 24.6 Å². The van der Waals surface area contributed by atoms with E-state index in [0.29, 0.717) is 23.5 Å². The number of ether oxygens (including phenoxy) is 1. The van der Waals surface area contributed by atoms with Crippen LogP contribution in [0.15, 0.2) is 36.9 Å². The Labute approximate surface area is 173 Å².